The number of likely N-dealkylation sites (tertiary alicyclic amines) is 1. The number of amides is 2. The van der Waals surface area contributed by atoms with Crippen molar-refractivity contribution in [3.63, 3.8) is 0 Å². The van der Waals surface area contributed by atoms with E-state index in [-0.39, 0.29) is 36.6 Å². The Morgan fingerprint density at radius 3 is 2.56 bits per heavy atom. The third-order valence-corrected chi connectivity index (χ3v) is 6.24. The molecule has 190 valence electrons. The summed E-state index contributed by atoms with van der Waals surface area (Å²) >= 11 is 0. The van der Waals surface area contributed by atoms with Crippen LogP contribution in [0.3, 0.4) is 0 Å². The van der Waals surface area contributed by atoms with Crippen molar-refractivity contribution < 1.29 is 22.8 Å². The molecule has 2 N–H and O–H groups in total. The van der Waals surface area contributed by atoms with Crippen molar-refractivity contribution in [2.75, 3.05) is 6.54 Å². The zero-order valence-electron chi connectivity index (χ0n) is 19.9. The molecule has 4 rings (SSSR count). The van der Waals surface area contributed by atoms with E-state index in [1.54, 1.807) is 44.2 Å². The second-order valence-corrected chi connectivity index (χ2v) is 9.10. The molecule has 3 unspecified atom stereocenters. The number of carbonyl (C=O) groups is 2. The van der Waals surface area contributed by atoms with Gasteiger partial charge in [-0.3, -0.25) is 19.7 Å². The summed E-state index contributed by atoms with van der Waals surface area (Å²) < 4.78 is 42.1. The van der Waals surface area contributed by atoms with Gasteiger partial charge in [0.2, 0.25) is 11.8 Å². The molecular formula is C25H27F3N6O2. The number of nitrogens with zero attached hydrogens (tertiary/aromatic N) is 4. The van der Waals surface area contributed by atoms with E-state index >= 15 is 0 Å². The number of aromatic nitrogens is 4. The molecule has 8 nitrogen and oxygen atoms in total. The summed E-state index contributed by atoms with van der Waals surface area (Å²) in [5, 5.41) is 12.6. The molecule has 0 spiro atoms. The summed E-state index contributed by atoms with van der Waals surface area (Å²) in [7, 11) is 0. The number of alkyl halides is 3. The van der Waals surface area contributed by atoms with Crippen molar-refractivity contribution in [1.29, 1.82) is 0 Å². The van der Waals surface area contributed by atoms with Gasteiger partial charge in [-0.2, -0.15) is 0 Å². The van der Waals surface area contributed by atoms with Gasteiger partial charge in [-0.05, 0) is 23.1 Å². The van der Waals surface area contributed by atoms with E-state index in [4.69, 9.17) is 0 Å². The van der Waals surface area contributed by atoms with Crippen LogP contribution in [0.1, 0.15) is 66.7 Å². The maximum Gasteiger partial charge on any atom is 0.264 e. The molecule has 3 aromatic rings. The summed E-state index contributed by atoms with van der Waals surface area (Å²) in [6.07, 6.45) is -1.57. The average Bonchev–Trinajstić information content (AvgIpc) is 3.52. The highest BCUT2D eigenvalue weighted by molar-refractivity contribution is 5.89. The fourth-order valence-electron chi connectivity index (χ4n) is 4.42. The molecule has 11 heteroatoms. The molecule has 0 aliphatic carbocycles. The van der Waals surface area contributed by atoms with Gasteiger partial charge in [0.05, 0.1) is 36.6 Å². The lowest BCUT2D eigenvalue weighted by Gasteiger charge is -2.27. The molecule has 1 saturated heterocycles. The minimum Gasteiger partial charge on any atom is -0.342 e. The quantitative estimate of drug-likeness (QED) is 0.492. The van der Waals surface area contributed by atoms with E-state index in [2.05, 4.69) is 25.7 Å². The van der Waals surface area contributed by atoms with Gasteiger partial charge >= 0.3 is 0 Å². The van der Waals surface area contributed by atoms with Crippen molar-refractivity contribution >= 4 is 11.8 Å². The first kappa shape index (κ1) is 25.3. The number of H-pyrrole nitrogens is 1. The highest BCUT2D eigenvalue weighted by Crippen LogP contribution is 2.32. The Morgan fingerprint density at radius 2 is 1.92 bits per heavy atom. The Kier molecular flexibility index (Phi) is 7.66. The molecule has 2 amide bonds. The minimum absolute atomic E-state index is 0.110. The fraction of sp³-hybridized carbons (Fsp3) is 0.400. The maximum absolute atomic E-state index is 14.4. The summed E-state index contributed by atoms with van der Waals surface area (Å²) in [5.74, 6) is -1.20. The second kappa shape index (κ2) is 10.9. The first-order valence-electron chi connectivity index (χ1n) is 11.7. The van der Waals surface area contributed by atoms with Crippen LogP contribution in [-0.2, 0) is 16.0 Å². The number of benzene rings is 1. The normalized spacial score (nSPS) is 18.6. The third-order valence-electron chi connectivity index (χ3n) is 6.24. The van der Waals surface area contributed by atoms with Crippen LogP contribution in [0.15, 0.2) is 48.8 Å². The van der Waals surface area contributed by atoms with E-state index in [1.807, 2.05) is 0 Å². The van der Waals surface area contributed by atoms with Gasteiger partial charge in [0.25, 0.3) is 6.43 Å². The van der Waals surface area contributed by atoms with Crippen LogP contribution in [0.4, 0.5) is 13.2 Å². The number of hydrogen-bond donors (Lipinski definition) is 2. The summed E-state index contributed by atoms with van der Waals surface area (Å²) in [4.78, 5) is 31.8. The van der Waals surface area contributed by atoms with Crippen molar-refractivity contribution in [2.45, 2.75) is 57.3 Å². The number of pyridine rings is 1. The molecule has 1 aliphatic rings. The van der Waals surface area contributed by atoms with Gasteiger partial charge in [-0.1, -0.05) is 49.4 Å². The summed E-state index contributed by atoms with van der Waals surface area (Å²) in [6, 6.07) is 8.16. The number of halogens is 3. The number of nitrogens with one attached hydrogen (secondary N) is 2. The number of hydrogen-bond acceptors (Lipinski definition) is 5. The number of carbonyl (C=O) groups excluding carboxylic acids is 2. The molecule has 2 aromatic heterocycles. The van der Waals surface area contributed by atoms with Gasteiger partial charge < -0.3 is 10.2 Å². The Bertz CT molecular complexity index is 1190. The molecule has 1 aliphatic heterocycles. The molecule has 3 heterocycles. The topological polar surface area (TPSA) is 104 Å². The third kappa shape index (κ3) is 5.55. The van der Waals surface area contributed by atoms with Gasteiger partial charge in [0.1, 0.15) is 12.2 Å². The van der Waals surface area contributed by atoms with Crippen LogP contribution in [-0.4, -0.2) is 55.9 Å². The number of rotatable bonds is 8. The molecule has 36 heavy (non-hydrogen) atoms. The lowest BCUT2D eigenvalue weighted by molar-refractivity contribution is -0.138. The maximum atomic E-state index is 14.4. The van der Waals surface area contributed by atoms with Gasteiger partial charge in [0.15, 0.2) is 0 Å². The second-order valence-electron chi connectivity index (χ2n) is 9.10. The van der Waals surface area contributed by atoms with Crippen LogP contribution < -0.4 is 5.32 Å². The zero-order chi connectivity index (χ0) is 25.8. The van der Waals surface area contributed by atoms with Crippen molar-refractivity contribution in [3.8, 4) is 0 Å². The SMILES string of the molecule is CC(C)c1cnc(C(NC(=O)C2CC(F)CN2C(=O)Cc2cnn[nH]2)c2ccccc2)cc1C(F)F. The summed E-state index contributed by atoms with van der Waals surface area (Å²) in [5.41, 5.74) is 1.56. The van der Waals surface area contributed by atoms with Gasteiger partial charge in [0, 0.05) is 18.2 Å². The van der Waals surface area contributed by atoms with Crippen LogP contribution in [0, 0.1) is 0 Å². The van der Waals surface area contributed by atoms with Crippen molar-refractivity contribution in [1.82, 2.24) is 30.6 Å². The molecule has 0 radical (unpaired) electrons. The largest absolute Gasteiger partial charge is 0.342 e. The Morgan fingerprint density at radius 1 is 1.17 bits per heavy atom. The van der Waals surface area contributed by atoms with Gasteiger partial charge in [-0.25, -0.2) is 13.2 Å². The first-order valence-corrected chi connectivity index (χ1v) is 11.7. The smallest absolute Gasteiger partial charge is 0.264 e. The van der Waals surface area contributed by atoms with E-state index in [1.165, 1.54) is 23.4 Å². The standard InChI is InChI=1S/C25H27F3N6O2/c1-14(2)19-12-29-20(10-18(19)24(27)28)23(15-6-4-3-5-7-15)31-25(36)21-8-16(26)13-34(21)22(35)9-17-11-30-33-32-17/h3-7,10-12,14,16,21,23-24H,8-9,13H2,1-2H3,(H,31,36)(H,30,32,33). The van der Waals surface area contributed by atoms with Crippen LogP contribution in [0.2, 0.25) is 0 Å². The zero-order valence-corrected chi connectivity index (χ0v) is 19.9. The lowest BCUT2D eigenvalue weighted by atomic mass is 9.95. The highest BCUT2D eigenvalue weighted by atomic mass is 19.3. The molecule has 1 aromatic carbocycles. The fourth-order valence-corrected chi connectivity index (χ4v) is 4.42. The van der Waals surface area contributed by atoms with Crippen molar-refractivity contribution in [2.24, 2.45) is 0 Å². The van der Waals surface area contributed by atoms with Crippen LogP contribution in [0.25, 0.3) is 0 Å². The van der Waals surface area contributed by atoms with E-state index < -0.39 is 36.5 Å². The monoisotopic (exact) mass is 500 g/mol. The van der Waals surface area contributed by atoms with E-state index in [9.17, 15) is 22.8 Å². The van der Waals surface area contributed by atoms with Crippen LogP contribution in [0.5, 0.6) is 0 Å². The van der Waals surface area contributed by atoms with Crippen LogP contribution >= 0.6 is 0 Å². The predicted molar refractivity (Wildman–Crippen MR) is 125 cm³/mol. The Labute approximate surface area is 206 Å². The van der Waals surface area contributed by atoms with Gasteiger partial charge in [-0.15, -0.1) is 5.10 Å². The molecule has 1 fully saturated rings. The van der Waals surface area contributed by atoms with E-state index in [0.717, 1.165) is 0 Å². The van der Waals surface area contributed by atoms with Crippen molar-refractivity contribution in [3.05, 3.63) is 76.9 Å². The average molecular weight is 501 g/mol. The molecule has 0 saturated carbocycles. The Balaban J connectivity index is 1.62. The molecular weight excluding hydrogens is 473 g/mol. The first-order chi connectivity index (χ1) is 17.2. The van der Waals surface area contributed by atoms with E-state index in [0.29, 0.717) is 16.8 Å². The Hall–Kier alpha value is -3.76. The predicted octanol–water partition coefficient (Wildman–Crippen LogP) is 3.65. The highest BCUT2D eigenvalue weighted by Gasteiger charge is 2.40. The molecule has 0 bridgehead atoms. The lowest BCUT2D eigenvalue weighted by Crippen LogP contribution is -2.47. The minimum atomic E-state index is -2.72. The summed E-state index contributed by atoms with van der Waals surface area (Å²) in [6.45, 7) is 3.39. The number of aromatic amines is 1. The molecule has 3 atom stereocenters.